The molecule has 0 bridgehead atoms. The molecule has 2 heterocycles. The van der Waals surface area contributed by atoms with Crippen molar-refractivity contribution in [3.63, 3.8) is 0 Å². The monoisotopic (exact) mass is 329 g/mol. The average molecular weight is 329 g/mol. The maximum atomic E-state index is 12.3. The SMILES string of the molecule is O=C(CN1C(=O)[C@@H]2CC=CC[C@H]2C1=O)Oc1ccc2c(c1)OCO2. The van der Waals surface area contributed by atoms with E-state index in [9.17, 15) is 14.4 Å². The molecule has 1 saturated heterocycles. The number of carbonyl (C=O) groups is 3. The molecule has 4 rings (SSSR count). The largest absolute Gasteiger partial charge is 0.454 e. The molecule has 2 amide bonds. The van der Waals surface area contributed by atoms with Crippen molar-refractivity contribution >= 4 is 17.8 Å². The van der Waals surface area contributed by atoms with E-state index in [1.807, 2.05) is 12.2 Å². The minimum Gasteiger partial charge on any atom is -0.454 e. The summed E-state index contributed by atoms with van der Waals surface area (Å²) in [7, 11) is 0. The Labute approximate surface area is 137 Å². The number of esters is 1. The lowest BCUT2D eigenvalue weighted by Gasteiger charge is -2.14. The quantitative estimate of drug-likeness (QED) is 0.359. The molecule has 1 aromatic carbocycles. The fourth-order valence-corrected chi connectivity index (χ4v) is 3.26. The van der Waals surface area contributed by atoms with Gasteiger partial charge >= 0.3 is 5.97 Å². The third-order valence-electron chi connectivity index (χ3n) is 4.46. The van der Waals surface area contributed by atoms with Crippen LogP contribution in [0.4, 0.5) is 0 Å². The number of imide groups is 1. The molecule has 1 aromatic rings. The van der Waals surface area contributed by atoms with Gasteiger partial charge in [0.25, 0.3) is 0 Å². The topological polar surface area (TPSA) is 82.1 Å². The Bertz CT molecular complexity index is 729. The van der Waals surface area contributed by atoms with Gasteiger partial charge in [-0.3, -0.25) is 14.5 Å². The molecule has 0 saturated carbocycles. The number of nitrogens with zero attached hydrogens (tertiary/aromatic N) is 1. The number of hydrogen-bond donors (Lipinski definition) is 0. The Hall–Kier alpha value is -2.83. The number of hydrogen-bond acceptors (Lipinski definition) is 6. The van der Waals surface area contributed by atoms with Crippen molar-refractivity contribution < 1.29 is 28.6 Å². The van der Waals surface area contributed by atoms with E-state index in [1.54, 1.807) is 12.1 Å². The predicted octanol–water partition coefficient (Wildman–Crippen LogP) is 1.27. The molecule has 0 spiro atoms. The minimum absolute atomic E-state index is 0.125. The van der Waals surface area contributed by atoms with Gasteiger partial charge in [0.15, 0.2) is 11.5 Å². The summed E-state index contributed by atoms with van der Waals surface area (Å²) in [6.45, 7) is -0.251. The molecule has 2 atom stereocenters. The molecule has 0 aromatic heterocycles. The average Bonchev–Trinajstić information content (AvgIpc) is 3.14. The highest BCUT2D eigenvalue weighted by Crippen LogP contribution is 2.36. The number of rotatable bonds is 3. The Morgan fingerprint density at radius 2 is 1.75 bits per heavy atom. The molecule has 124 valence electrons. The molecular weight excluding hydrogens is 314 g/mol. The first kappa shape index (κ1) is 14.7. The zero-order valence-corrected chi connectivity index (χ0v) is 12.8. The van der Waals surface area contributed by atoms with Crippen LogP contribution >= 0.6 is 0 Å². The molecule has 24 heavy (non-hydrogen) atoms. The van der Waals surface area contributed by atoms with Crippen LogP contribution in [0.25, 0.3) is 0 Å². The second-order valence-corrected chi connectivity index (χ2v) is 5.91. The molecule has 0 N–H and O–H groups in total. The highest BCUT2D eigenvalue weighted by molar-refractivity contribution is 6.07. The van der Waals surface area contributed by atoms with Crippen LogP contribution in [0.1, 0.15) is 12.8 Å². The summed E-state index contributed by atoms with van der Waals surface area (Å²) >= 11 is 0. The van der Waals surface area contributed by atoms with Crippen LogP contribution < -0.4 is 14.2 Å². The van der Waals surface area contributed by atoms with Gasteiger partial charge < -0.3 is 14.2 Å². The Morgan fingerprint density at radius 3 is 2.46 bits per heavy atom. The number of ether oxygens (including phenoxy) is 3. The van der Waals surface area contributed by atoms with Crippen LogP contribution in [0.5, 0.6) is 17.2 Å². The van der Waals surface area contributed by atoms with Gasteiger partial charge in [0.1, 0.15) is 12.3 Å². The van der Waals surface area contributed by atoms with Gasteiger partial charge in [-0.25, -0.2) is 4.79 Å². The highest BCUT2D eigenvalue weighted by Gasteiger charge is 2.47. The lowest BCUT2D eigenvalue weighted by molar-refractivity contribution is -0.148. The summed E-state index contributed by atoms with van der Waals surface area (Å²) in [5.74, 6) is -0.595. The predicted molar refractivity (Wildman–Crippen MR) is 80.3 cm³/mol. The summed E-state index contributed by atoms with van der Waals surface area (Å²) in [6.07, 6.45) is 4.90. The van der Waals surface area contributed by atoms with Gasteiger partial charge in [0.2, 0.25) is 18.6 Å². The number of benzene rings is 1. The van der Waals surface area contributed by atoms with E-state index in [0.717, 1.165) is 4.90 Å². The summed E-state index contributed by atoms with van der Waals surface area (Å²) in [6, 6.07) is 4.75. The van der Waals surface area contributed by atoms with E-state index in [2.05, 4.69) is 0 Å². The highest BCUT2D eigenvalue weighted by atomic mass is 16.7. The van der Waals surface area contributed by atoms with Gasteiger partial charge in [-0.2, -0.15) is 0 Å². The van der Waals surface area contributed by atoms with Gasteiger partial charge in [0, 0.05) is 6.07 Å². The van der Waals surface area contributed by atoms with E-state index < -0.39 is 5.97 Å². The van der Waals surface area contributed by atoms with Crippen LogP contribution in [0.3, 0.4) is 0 Å². The zero-order chi connectivity index (χ0) is 16.7. The van der Waals surface area contributed by atoms with E-state index >= 15 is 0 Å². The first-order valence-electron chi connectivity index (χ1n) is 7.74. The molecule has 7 nitrogen and oxygen atoms in total. The van der Waals surface area contributed by atoms with Gasteiger partial charge in [0.05, 0.1) is 11.8 Å². The molecule has 1 fully saturated rings. The van der Waals surface area contributed by atoms with Crippen LogP contribution in [-0.2, 0) is 14.4 Å². The number of fused-ring (bicyclic) bond motifs is 2. The first-order chi connectivity index (χ1) is 11.6. The van der Waals surface area contributed by atoms with Gasteiger partial charge in [-0.05, 0) is 25.0 Å². The van der Waals surface area contributed by atoms with Crippen molar-refractivity contribution in [1.82, 2.24) is 4.90 Å². The van der Waals surface area contributed by atoms with Gasteiger partial charge in [-0.1, -0.05) is 12.2 Å². The summed E-state index contributed by atoms with van der Waals surface area (Å²) in [5, 5.41) is 0. The fourth-order valence-electron chi connectivity index (χ4n) is 3.26. The number of carbonyl (C=O) groups excluding carboxylic acids is 3. The van der Waals surface area contributed by atoms with Gasteiger partial charge in [-0.15, -0.1) is 0 Å². The standard InChI is InChI=1S/C17H15NO6/c19-15(24-10-5-6-13-14(7-10)23-9-22-13)8-18-16(20)11-3-1-2-4-12(11)17(18)21/h1-2,5-7,11-12H,3-4,8-9H2/t11-,12-/m1/s1. The van der Waals surface area contributed by atoms with Crippen molar-refractivity contribution in [2.45, 2.75) is 12.8 Å². The van der Waals surface area contributed by atoms with E-state index in [0.29, 0.717) is 24.3 Å². The van der Waals surface area contributed by atoms with Crippen molar-refractivity contribution in [2.75, 3.05) is 13.3 Å². The van der Waals surface area contributed by atoms with Crippen LogP contribution in [0, 0.1) is 11.8 Å². The van der Waals surface area contributed by atoms with Crippen LogP contribution in [0.15, 0.2) is 30.4 Å². The number of likely N-dealkylation sites (tertiary alicyclic amines) is 1. The second kappa shape index (κ2) is 5.67. The first-order valence-corrected chi connectivity index (χ1v) is 7.74. The normalized spacial score (nSPS) is 24.2. The Morgan fingerprint density at radius 1 is 1.08 bits per heavy atom. The third-order valence-corrected chi connectivity index (χ3v) is 4.46. The van der Waals surface area contributed by atoms with E-state index in [-0.39, 0.29) is 42.7 Å². The Balaban J connectivity index is 1.43. The van der Waals surface area contributed by atoms with Crippen molar-refractivity contribution in [3.8, 4) is 17.2 Å². The second-order valence-electron chi connectivity index (χ2n) is 5.91. The lowest BCUT2D eigenvalue weighted by Crippen LogP contribution is -2.37. The van der Waals surface area contributed by atoms with Crippen LogP contribution in [-0.4, -0.2) is 36.0 Å². The van der Waals surface area contributed by atoms with Crippen molar-refractivity contribution in [3.05, 3.63) is 30.4 Å². The third kappa shape index (κ3) is 2.42. The molecule has 0 unspecified atom stereocenters. The maximum Gasteiger partial charge on any atom is 0.331 e. The van der Waals surface area contributed by atoms with E-state index in [1.165, 1.54) is 6.07 Å². The molecule has 3 aliphatic rings. The fraction of sp³-hybridized carbons (Fsp3) is 0.353. The molecular formula is C17H15NO6. The zero-order valence-electron chi connectivity index (χ0n) is 12.8. The van der Waals surface area contributed by atoms with Crippen LogP contribution in [0.2, 0.25) is 0 Å². The maximum absolute atomic E-state index is 12.3. The smallest absolute Gasteiger partial charge is 0.331 e. The molecule has 0 radical (unpaired) electrons. The Kier molecular flexibility index (Phi) is 3.48. The summed E-state index contributed by atoms with van der Waals surface area (Å²) in [4.78, 5) is 37.8. The molecule has 2 aliphatic heterocycles. The summed E-state index contributed by atoms with van der Waals surface area (Å²) < 4.78 is 15.6. The molecule has 1 aliphatic carbocycles. The lowest BCUT2D eigenvalue weighted by atomic mass is 9.85. The molecule has 7 heteroatoms. The summed E-state index contributed by atoms with van der Waals surface area (Å²) in [5.41, 5.74) is 0. The van der Waals surface area contributed by atoms with E-state index in [4.69, 9.17) is 14.2 Å². The van der Waals surface area contributed by atoms with Crippen molar-refractivity contribution in [1.29, 1.82) is 0 Å². The van der Waals surface area contributed by atoms with Crippen molar-refractivity contribution in [2.24, 2.45) is 11.8 Å². The number of amides is 2. The number of allylic oxidation sites excluding steroid dienone is 2. The minimum atomic E-state index is -0.665.